The molecule has 0 radical (unpaired) electrons. The Morgan fingerprint density at radius 2 is 1.92 bits per heavy atom. The zero-order chi connectivity index (χ0) is 9.56. The van der Waals surface area contributed by atoms with Gasteiger partial charge in [-0.2, -0.15) is 11.8 Å². The normalized spacial score (nSPS) is 18.8. The number of hydrogen-bond acceptors (Lipinski definition) is 3. The lowest BCUT2D eigenvalue weighted by Gasteiger charge is -2.19. The molecule has 12 heavy (non-hydrogen) atoms. The second kappa shape index (κ2) is 6.75. The van der Waals surface area contributed by atoms with E-state index in [1.807, 2.05) is 18.8 Å². The summed E-state index contributed by atoms with van der Waals surface area (Å²) < 4.78 is 0. The van der Waals surface area contributed by atoms with Gasteiger partial charge in [-0.05, 0) is 25.6 Å². The topological polar surface area (TPSA) is 32.3 Å². The molecule has 0 bridgehead atoms. The molecule has 3 heteroatoms. The summed E-state index contributed by atoms with van der Waals surface area (Å²) in [6, 6.07) is 0.542. The van der Waals surface area contributed by atoms with Gasteiger partial charge in [-0.15, -0.1) is 0 Å². The first-order valence-corrected chi connectivity index (χ1v) is 5.56. The molecule has 0 aromatic rings. The number of nitrogens with one attached hydrogen (secondary N) is 1. The summed E-state index contributed by atoms with van der Waals surface area (Å²) in [5, 5.41) is 12.7. The fourth-order valence-corrected chi connectivity index (χ4v) is 1.91. The molecule has 0 amide bonds. The maximum absolute atomic E-state index is 8.81. The molecule has 2 N–H and O–H groups in total. The van der Waals surface area contributed by atoms with E-state index in [0.29, 0.717) is 23.8 Å². The fraction of sp³-hybridized carbons (Fsp3) is 1.00. The van der Waals surface area contributed by atoms with Gasteiger partial charge >= 0.3 is 0 Å². The smallest absolute Gasteiger partial charge is 0.0464 e. The molecule has 0 heterocycles. The van der Waals surface area contributed by atoms with Crippen molar-refractivity contribution in [1.29, 1.82) is 0 Å². The minimum absolute atomic E-state index is 0.299. The first kappa shape index (κ1) is 12.3. The van der Waals surface area contributed by atoms with Crippen molar-refractivity contribution in [1.82, 2.24) is 5.32 Å². The molecule has 0 aliphatic rings. The van der Waals surface area contributed by atoms with Crippen molar-refractivity contribution in [2.75, 3.05) is 19.4 Å². The monoisotopic (exact) mass is 191 g/mol. The standard InChI is InChI=1S/C9H21NOS/c1-7(5-11)6-12-9(3)8(2)10-4/h7-11H,5-6H2,1-4H3. The van der Waals surface area contributed by atoms with Crippen LogP contribution in [0.25, 0.3) is 0 Å². The Morgan fingerprint density at radius 3 is 2.33 bits per heavy atom. The third-order valence-electron chi connectivity index (χ3n) is 2.11. The maximum Gasteiger partial charge on any atom is 0.0464 e. The predicted molar refractivity (Wildman–Crippen MR) is 56.7 cm³/mol. The summed E-state index contributed by atoms with van der Waals surface area (Å²) in [5.41, 5.74) is 0. The number of aliphatic hydroxyl groups is 1. The average molecular weight is 191 g/mol. The summed E-state index contributed by atoms with van der Waals surface area (Å²) >= 11 is 1.92. The van der Waals surface area contributed by atoms with Gasteiger partial charge < -0.3 is 10.4 Å². The van der Waals surface area contributed by atoms with Crippen LogP contribution in [0.4, 0.5) is 0 Å². The number of rotatable bonds is 6. The minimum atomic E-state index is 0.299. The zero-order valence-electron chi connectivity index (χ0n) is 8.50. The molecule has 0 aromatic carbocycles. The second-order valence-corrected chi connectivity index (χ2v) is 4.81. The molecule has 0 rings (SSSR count). The molecule has 74 valence electrons. The minimum Gasteiger partial charge on any atom is -0.396 e. The highest BCUT2D eigenvalue weighted by atomic mass is 32.2. The molecule has 3 unspecified atom stereocenters. The van der Waals surface area contributed by atoms with Crippen molar-refractivity contribution in [2.45, 2.75) is 32.1 Å². The van der Waals surface area contributed by atoms with Gasteiger partial charge in [0.1, 0.15) is 0 Å². The van der Waals surface area contributed by atoms with E-state index in [9.17, 15) is 0 Å². The van der Waals surface area contributed by atoms with Gasteiger partial charge in [0.25, 0.3) is 0 Å². The van der Waals surface area contributed by atoms with Crippen LogP contribution in [0.5, 0.6) is 0 Å². The lowest BCUT2D eigenvalue weighted by Crippen LogP contribution is -2.31. The van der Waals surface area contributed by atoms with Crippen molar-refractivity contribution >= 4 is 11.8 Å². The highest BCUT2D eigenvalue weighted by Gasteiger charge is 2.11. The van der Waals surface area contributed by atoms with Crippen LogP contribution in [0.1, 0.15) is 20.8 Å². The van der Waals surface area contributed by atoms with E-state index in [2.05, 4.69) is 26.1 Å². The molecule has 3 atom stereocenters. The van der Waals surface area contributed by atoms with Gasteiger partial charge in [-0.1, -0.05) is 13.8 Å². The van der Waals surface area contributed by atoms with Crippen molar-refractivity contribution in [3.63, 3.8) is 0 Å². The molecule has 0 aliphatic heterocycles. The van der Waals surface area contributed by atoms with Crippen molar-refractivity contribution in [2.24, 2.45) is 5.92 Å². The summed E-state index contributed by atoms with van der Waals surface area (Å²) in [6.45, 7) is 6.77. The van der Waals surface area contributed by atoms with E-state index in [1.165, 1.54) is 0 Å². The molecule has 0 spiro atoms. The van der Waals surface area contributed by atoms with Crippen molar-refractivity contribution in [3.8, 4) is 0 Å². The van der Waals surface area contributed by atoms with E-state index in [0.717, 1.165) is 5.75 Å². The van der Waals surface area contributed by atoms with Crippen LogP contribution in [0.15, 0.2) is 0 Å². The molecule has 0 saturated carbocycles. The van der Waals surface area contributed by atoms with E-state index in [-0.39, 0.29) is 0 Å². The molecule has 0 aromatic heterocycles. The van der Waals surface area contributed by atoms with E-state index < -0.39 is 0 Å². The van der Waals surface area contributed by atoms with Gasteiger partial charge in [-0.25, -0.2) is 0 Å². The van der Waals surface area contributed by atoms with Gasteiger partial charge in [0.2, 0.25) is 0 Å². The highest BCUT2D eigenvalue weighted by Crippen LogP contribution is 2.17. The van der Waals surface area contributed by atoms with Gasteiger partial charge in [0.05, 0.1) is 0 Å². The maximum atomic E-state index is 8.81. The summed E-state index contributed by atoms with van der Waals surface area (Å²) in [5.74, 6) is 1.46. The first-order chi connectivity index (χ1) is 5.61. The number of hydrogen-bond donors (Lipinski definition) is 2. The van der Waals surface area contributed by atoms with Crippen LogP contribution in [0.2, 0.25) is 0 Å². The van der Waals surface area contributed by atoms with Crippen LogP contribution in [0, 0.1) is 5.92 Å². The summed E-state index contributed by atoms with van der Waals surface area (Å²) in [7, 11) is 1.98. The van der Waals surface area contributed by atoms with E-state index >= 15 is 0 Å². The van der Waals surface area contributed by atoms with Gasteiger partial charge in [0.15, 0.2) is 0 Å². The summed E-state index contributed by atoms with van der Waals surface area (Å²) in [6.07, 6.45) is 0. The molecule has 2 nitrogen and oxygen atoms in total. The molecular weight excluding hydrogens is 170 g/mol. The number of thioether (sulfide) groups is 1. The largest absolute Gasteiger partial charge is 0.396 e. The Morgan fingerprint density at radius 1 is 1.33 bits per heavy atom. The zero-order valence-corrected chi connectivity index (χ0v) is 9.32. The molecular formula is C9H21NOS. The Labute approximate surface area is 80.1 Å². The lowest BCUT2D eigenvalue weighted by atomic mass is 10.2. The van der Waals surface area contributed by atoms with Crippen LogP contribution < -0.4 is 5.32 Å². The molecule has 0 saturated heterocycles. The molecule has 0 fully saturated rings. The Bertz CT molecular complexity index is 111. The number of aliphatic hydroxyl groups excluding tert-OH is 1. The fourth-order valence-electron chi connectivity index (χ4n) is 0.748. The predicted octanol–water partition coefficient (Wildman–Crippen LogP) is 1.34. The third-order valence-corrected chi connectivity index (χ3v) is 3.81. The van der Waals surface area contributed by atoms with Crippen LogP contribution >= 0.6 is 11.8 Å². The average Bonchev–Trinajstić information content (AvgIpc) is 2.11. The van der Waals surface area contributed by atoms with Crippen LogP contribution in [-0.2, 0) is 0 Å². The Balaban J connectivity index is 3.49. The molecule has 0 aliphatic carbocycles. The van der Waals surface area contributed by atoms with Crippen LogP contribution in [0.3, 0.4) is 0 Å². The third kappa shape index (κ3) is 5.01. The van der Waals surface area contributed by atoms with Crippen molar-refractivity contribution < 1.29 is 5.11 Å². The first-order valence-electron chi connectivity index (χ1n) is 4.51. The highest BCUT2D eigenvalue weighted by molar-refractivity contribution is 7.99. The second-order valence-electron chi connectivity index (χ2n) is 3.40. The van der Waals surface area contributed by atoms with Crippen molar-refractivity contribution in [3.05, 3.63) is 0 Å². The van der Waals surface area contributed by atoms with E-state index in [4.69, 9.17) is 5.11 Å². The Hall–Kier alpha value is 0.270. The van der Waals surface area contributed by atoms with E-state index in [1.54, 1.807) is 0 Å². The van der Waals surface area contributed by atoms with Gasteiger partial charge in [0, 0.05) is 17.9 Å². The lowest BCUT2D eigenvalue weighted by molar-refractivity contribution is 0.250. The Kier molecular flexibility index (Phi) is 6.90. The quantitative estimate of drug-likeness (QED) is 0.664. The van der Waals surface area contributed by atoms with Crippen LogP contribution in [-0.4, -0.2) is 35.8 Å². The summed E-state index contributed by atoms with van der Waals surface area (Å²) in [4.78, 5) is 0. The SMILES string of the molecule is CNC(C)C(C)SCC(C)CO. The van der Waals surface area contributed by atoms with Gasteiger partial charge in [-0.3, -0.25) is 0 Å².